The van der Waals surface area contributed by atoms with E-state index in [2.05, 4.69) is 30.8 Å². The Labute approximate surface area is 161 Å². The van der Waals surface area contributed by atoms with E-state index in [4.69, 9.17) is 0 Å². The Hall–Kier alpha value is -3.75. The van der Waals surface area contributed by atoms with Crippen molar-refractivity contribution in [2.45, 2.75) is 12.5 Å². The summed E-state index contributed by atoms with van der Waals surface area (Å²) in [5, 5.41) is 12.8. The van der Waals surface area contributed by atoms with Crippen molar-refractivity contribution in [2.75, 3.05) is 23.8 Å². The van der Waals surface area contributed by atoms with Gasteiger partial charge in [-0.15, -0.1) is 0 Å². The number of carbonyl (C=O) groups excluding carboxylic acids is 2. The predicted octanol–water partition coefficient (Wildman–Crippen LogP) is 0.977. The fourth-order valence-corrected chi connectivity index (χ4v) is 3.07. The Balaban J connectivity index is 1.45. The van der Waals surface area contributed by atoms with Crippen molar-refractivity contribution in [2.24, 2.45) is 0 Å². The number of rotatable bonds is 4. The molecule has 9 nitrogen and oxygen atoms in total. The van der Waals surface area contributed by atoms with Crippen LogP contribution in [0.5, 0.6) is 0 Å². The number of nitrogens with zero attached hydrogens (tertiary/aromatic N) is 4. The summed E-state index contributed by atoms with van der Waals surface area (Å²) in [5.74, 6) is -0.122. The van der Waals surface area contributed by atoms with E-state index >= 15 is 0 Å². The van der Waals surface area contributed by atoms with Crippen molar-refractivity contribution in [3.63, 3.8) is 0 Å². The van der Waals surface area contributed by atoms with Crippen molar-refractivity contribution < 1.29 is 9.59 Å². The van der Waals surface area contributed by atoms with Crippen molar-refractivity contribution in [1.82, 2.24) is 25.5 Å². The van der Waals surface area contributed by atoms with Gasteiger partial charge in [-0.05, 0) is 11.6 Å². The fourth-order valence-electron chi connectivity index (χ4n) is 3.07. The van der Waals surface area contributed by atoms with Crippen LogP contribution in [0.25, 0.3) is 0 Å². The van der Waals surface area contributed by atoms with E-state index in [0.29, 0.717) is 17.9 Å². The van der Waals surface area contributed by atoms with E-state index in [1.807, 2.05) is 30.3 Å². The number of hydrogen-bond donors (Lipinski definition) is 3. The van der Waals surface area contributed by atoms with Gasteiger partial charge in [-0.1, -0.05) is 30.3 Å². The molecule has 0 bridgehead atoms. The molecule has 28 heavy (non-hydrogen) atoms. The highest BCUT2D eigenvalue weighted by molar-refractivity contribution is 6.03. The fraction of sp³-hybridized carbons (Fsp3) is 0.211. The van der Waals surface area contributed by atoms with Crippen molar-refractivity contribution in [1.29, 1.82) is 0 Å². The first-order chi connectivity index (χ1) is 13.6. The Morgan fingerprint density at radius 1 is 1.32 bits per heavy atom. The Morgan fingerprint density at radius 2 is 2.14 bits per heavy atom. The number of carbonyl (C=O) groups is 2. The van der Waals surface area contributed by atoms with Crippen LogP contribution in [-0.2, 0) is 11.2 Å². The molecule has 3 N–H and O–H groups in total. The summed E-state index contributed by atoms with van der Waals surface area (Å²) < 4.78 is 0. The molecule has 0 unspecified atom stereocenters. The van der Waals surface area contributed by atoms with Gasteiger partial charge in [-0.25, -0.2) is 9.97 Å². The molecule has 1 atom stereocenters. The van der Waals surface area contributed by atoms with E-state index in [0.717, 1.165) is 11.3 Å². The van der Waals surface area contributed by atoms with Crippen LogP contribution >= 0.6 is 0 Å². The van der Waals surface area contributed by atoms with Crippen LogP contribution in [0, 0.1) is 0 Å². The highest BCUT2D eigenvalue weighted by Crippen LogP contribution is 2.24. The summed E-state index contributed by atoms with van der Waals surface area (Å²) in [5.41, 5.74) is 2.74. The number of aromatic nitrogens is 4. The Morgan fingerprint density at radius 3 is 2.96 bits per heavy atom. The summed E-state index contributed by atoms with van der Waals surface area (Å²) in [7, 11) is 1.63. The van der Waals surface area contributed by atoms with E-state index in [9.17, 15) is 9.59 Å². The molecule has 0 radical (unpaired) electrons. The molecule has 1 aliphatic heterocycles. The smallest absolute Gasteiger partial charge is 0.272 e. The van der Waals surface area contributed by atoms with Gasteiger partial charge in [0.05, 0.1) is 6.20 Å². The van der Waals surface area contributed by atoms with Crippen LogP contribution in [0.1, 0.15) is 21.7 Å². The Bertz CT molecular complexity index is 1000. The molecule has 1 aromatic carbocycles. The van der Waals surface area contributed by atoms with Gasteiger partial charge in [-0.3, -0.25) is 14.7 Å². The lowest BCUT2D eigenvalue weighted by atomic mass is 10.1. The van der Waals surface area contributed by atoms with Crippen LogP contribution in [0.15, 0.2) is 48.9 Å². The van der Waals surface area contributed by atoms with Gasteiger partial charge in [-0.2, -0.15) is 5.10 Å². The third-order valence-electron chi connectivity index (χ3n) is 4.56. The molecule has 2 amide bonds. The SMILES string of the molecule is CN1C(=O)[C@@H](NC(=O)c2cc(Cc3ccccc3)[nH]n2)CNc2ncncc21. The molecule has 3 heterocycles. The molecule has 0 saturated heterocycles. The van der Waals surface area contributed by atoms with Gasteiger partial charge in [0.25, 0.3) is 11.8 Å². The number of H-pyrrole nitrogens is 1. The maximum absolute atomic E-state index is 12.7. The highest BCUT2D eigenvalue weighted by Gasteiger charge is 2.30. The average Bonchev–Trinajstić information content (AvgIpc) is 3.15. The average molecular weight is 377 g/mol. The number of anilines is 2. The topological polar surface area (TPSA) is 116 Å². The number of aromatic amines is 1. The highest BCUT2D eigenvalue weighted by atomic mass is 16.2. The molecule has 0 saturated carbocycles. The summed E-state index contributed by atoms with van der Waals surface area (Å²) >= 11 is 0. The van der Waals surface area contributed by atoms with Gasteiger partial charge >= 0.3 is 0 Å². The van der Waals surface area contributed by atoms with Crippen LogP contribution in [0.3, 0.4) is 0 Å². The molecule has 9 heteroatoms. The van der Waals surface area contributed by atoms with Gasteiger partial charge < -0.3 is 15.5 Å². The van der Waals surface area contributed by atoms with Crippen molar-refractivity contribution >= 4 is 23.3 Å². The minimum absolute atomic E-state index is 0.222. The van der Waals surface area contributed by atoms with Gasteiger partial charge in [0, 0.05) is 25.7 Å². The zero-order valence-electron chi connectivity index (χ0n) is 15.2. The number of likely N-dealkylation sites (N-methyl/N-ethyl adjacent to an activating group) is 1. The molecular weight excluding hydrogens is 358 g/mol. The van der Waals surface area contributed by atoms with E-state index < -0.39 is 11.9 Å². The minimum Gasteiger partial charge on any atom is -0.366 e. The van der Waals surface area contributed by atoms with Crippen LogP contribution in [0.4, 0.5) is 11.5 Å². The molecule has 4 rings (SSSR count). The second-order valence-corrected chi connectivity index (χ2v) is 6.50. The lowest BCUT2D eigenvalue weighted by Crippen LogP contribution is -2.49. The van der Waals surface area contributed by atoms with E-state index in [1.165, 1.54) is 11.2 Å². The first-order valence-corrected chi connectivity index (χ1v) is 8.82. The summed E-state index contributed by atoms with van der Waals surface area (Å²) in [6.07, 6.45) is 3.60. The quantitative estimate of drug-likeness (QED) is 0.624. The van der Waals surface area contributed by atoms with Gasteiger partial charge in [0.2, 0.25) is 0 Å². The van der Waals surface area contributed by atoms with Crippen molar-refractivity contribution in [3.05, 3.63) is 65.9 Å². The number of nitrogens with one attached hydrogen (secondary N) is 3. The predicted molar refractivity (Wildman–Crippen MR) is 103 cm³/mol. The van der Waals surface area contributed by atoms with Crippen LogP contribution < -0.4 is 15.5 Å². The molecule has 0 spiro atoms. The molecule has 0 fully saturated rings. The monoisotopic (exact) mass is 377 g/mol. The van der Waals surface area contributed by atoms with Crippen LogP contribution in [0.2, 0.25) is 0 Å². The summed E-state index contributed by atoms with van der Waals surface area (Å²) in [6.45, 7) is 0.222. The Kier molecular flexibility index (Phi) is 4.71. The van der Waals surface area contributed by atoms with Gasteiger partial charge in [0.1, 0.15) is 23.8 Å². The lowest BCUT2D eigenvalue weighted by molar-refractivity contribution is -0.119. The maximum Gasteiger partial charge on any atom is 0.272 e. The zero-order chi connectivity index (χ0) is 19.5. The molecule has 0 aliphatic carbocycles. The number of benzene rings is 1. The third-order valence-corrected chi connectivity index (χ3v) is 4.56. The summed E-state index contributed by atoms with van der Waals surface area (Å²) in [4.78, 5) is 34.8. The first-order valence-electron chi connectivity index (χ1n) is 8.82. The van der Waals surface area contributed by atoms with Gasteiger partial charge in [0.15, 0.2) is 5.82 Å². The van der Waals surface area contributed by atoms with E-state index in [-0.39, 0.29) is 18.1 Å². The van der Waals surface area contributed by atoms with Crippen molar-refractivity contribution in [3.8, 4) is 0 Å². The molecule has 2 aromatic heterocycles. The first kappa shape index (κ1) is 17.7. The third kappa shape index (κ3) is 3.54. The minimum atomic E-state index is -0.749. The van der Waals surface area contributed by atoms with E-state index in [1.54, 1.807) is 19.3 Å². The van der Waals surface area contributed by atoms with Crippen LogP contribution in [-0.4, -0.2) is 51.6 Å². The second-order valence-electron chi connectivity index (χ2n) is 6.50. The molecule has 1 aliphatic rings. The number of hydrogen-bond acceptors (Lipinski definition) is 6. The largest absolute Gasteiger partial charge is 0.366 e. The number of amides is 2. The summed E-state index contributed by atoms with van der Waals surface area (Å²) in [6, 6.07) is 10.8. The molecule has 3 aromatic rings. The lowest BCUT2D eigenvalue weighted by Gasteiger charge is -2.20. The normalized spacial score (nSPS) is 16.1. The molecular formula is C19H19N7O2. The second kappa shape index (κ2) is 7.47. The number of fused-ring (bicyclic) bond motifs is 1. The maximum atomic E-state index is 12.7. The zero-order valence-corrected chi connectivity index (χ0v) is 15.2. The molecule has 142 valence electrons. The standard InChI is InChI=1S/C19H19N7O2/c1-26-16-10-20-11-22-17(16)21-9-15(19(26)28)23-18(27)14-8-13(24-25-14)7-12-5-3-2-4-6-12/h2-6,8,10-11,15H,7,9H2,1H3,(H,23,27)(H,24,25)(H,20,21,22)/t15-/m0/s1.